The molecule has 0 radical (unpaired) electrons. The molecule has 7 heteroatoms. The molecular formula is C20H24N2O5. The molecule has 2 aromatic carbocycles. The molecule has 7 nitrogen and oxygen atoms in total. The zero-order chi connectivity index (χ0) is 19.2. The third-order valence-corrected chi connectivity index (χ3v) is 4.72. The molecule has 2 aromatic rings. The Morgan fingerprint density at radius 2 is 1.85 bits per heavy atom. The van der Waals surface area contributed by atoms with Gasteiger partial charge in [0.15, 0.2) is 0 Å². The number of methoxy groups -OCH3 is 1. The molecule has 0 unspecified atom stereocenters. The number of benzene rings is 2. The minimum atomic E-state index is -0.489. The number of amides is 1. The maximum atomic E-state index is 12.0. The van der Waals surface area contributed by atoms with Crippen LogP contribution in [0.15, 0.2) is 42.5 Å². The fourth-order valence-electron chi connectivity index (χ4n) is 3.20. The number of rotatable bonds is 5. The Morgan fingerprint density at radius 3 is 2.48 bits per heavy atom. The summed E-state index contributed by atoms with van der Waals surface area (Å²) in [6.45, 7) is 1.54. The van der Waals surface area contributed by atoms with Gasteiger partial charge in [-0.2, -0.15) is 0 Å². The summed E-state index contributed by atoms with van der Waals surface area (Å²) in [5.74, 6) is 1.09. The average molecular weight is 372 g/mol. The van der Waals surface area contributed by atoms with Crippen molar-refractivity contribution in [2.24, 2.45) is 0 Å². The average Bonchev–Trinajstić information content (AvgIpc) is 2.68. The van der Waals surface area contributed by atoms with Crippen molar-refractivity contribution in [1.82, 2.24) is 10.4 Å². The fraction of sp³-hybridized carbons (Fsp3) is 0.350. The summed E-state index contributed by atoms with van der Waals surface area (Å²) in [5, 5.41) is 23.8. The van der Waals surface area contributed by atoms with E-state index in [4.69, 9.17) is 9.57 Å². The number of hydrogen-bond acceptors (Lipinski definition) is 6. The Kier molecular flexibility index (Phi) is 6.03. The third kappa shape index (κ3) is 5.04. The van der Waals surface area contributed by atoms with Gasteiger partial charge in [0.05, 0.1) is 7.11 Å². The Hall–Kier alpha value is -2.93. The van der Waals surface area contributed by atoms with Gasteiger partial charge >= 0.3 is 6.09 Å². The Balaban J connectivity index is 1.43. The quantitative estimate of drug-likeness (QED) is 0.747. The number of hydrogen-bond donors (Lipinski definition) is 3. The van der Waals surface area contributed by atoms with Crippen molar-refractivity contribution in [2.45, 2.75) is 25.3 Å². The Bertz CT molecular complexity index is 770. The number of carbonyl (C=O) groups is 1. The van der Waals surface area contributed by atoms with Crippen molar-refractivity contribution >= 4 is 6.09 Å². The molecule has 3 rings (SSSR count). The van der Waals surface area contributed by atoms with Crippen LogP contribution in [0.5, 0.6) is 17.2 Å². The van der Waals surface area contributed by atoms with Gasteiger partial charge in [0.25, 0.3) is 0 Å². The second-order valence-electron chi connectivity index (χ2n) is 6.53. The van der Waals surface area contributed by atoms with Crippen LogP contribution in [0.3, 0.4) is 0 Å². The summed E-state index contributed by atoms with van der Waals surface area (Å²) in [6, 6.07) is 12.1. The molecule has 3 N–H and O–H groups in total. The second-order valence-corrected chi connectivity index (χ2v) is 6.53. The molecule has 0 aliphatic carbocycles. The van der Waals surface area contributed by atoms with Gasteiger partial charge in [-0.05, 0) is 48.1 Å². The van der Waals surface area contributed by atoms with E-state index in [1.165, 1.54) is 6.07 Å². The molecule has 0 atom stereocenters. The SMILES string of the molecule is COc1ccc(CNC(=O)ON2CCC(c3ccc(O)cc3O)CC2)cc1. The van der Waals surface area contributed by atoms with Crippen LogP contribution in [0.1, 0.15) is 29.9 Å². The van der Waals surface area contributed by atoms with Crippen LogP contribution in [0.25, 0.3) is 0 Å². The topological polar surface area (TPSA) is 91.3 Å². The zero-order valence-electron chi connectivity index (χ0n) is 15.2. The lowest BCUT2D eigenvalue weighted by atomic mass is 9.89. The van der Waals surface area contributed by atoms with Crippen molar-refractivity contribution in [3.63, 3.8) is 0 Å². The second kappa shape index (κ2) is 8.64. The van der Waals surface area contributed by atoms with Crippen molar-refractivity contribution in [3.05, 3.63) is 53.6 Å². The lowest BCUT2D eigenvalue weighted by Crippen LogP contribution is -2.38. The molecular weight excluding hydrogens is 348 g/mol. The standard InChI is InChI=1S/C20H24N2O5/c1-26-17-5-2-14(3-6-17)13-21-20(25)27-22-10-8-15(9-11-22)18-7-4-16(23)12-19(18)24/h2-7,12,15,23-24H,8-11,13H2,1H3,(H,21,25). The van der Waals surface area contributed by atoms with Crippen molar-refractivity contribution < 1.29 is 24.6 Å². The molecule has 0 aromatic heterocycles. The van der Waals surface area contributed by atoms with Crippen LogP contribution in [0.4, 0.5) is 4.79 Å². The number of carbonyl (C=O) groups excluding carboxylic acids is 1. The van der Waals surface area contributed by atoms with E-state index in [2.05, 4.69) is 5.32 Å². The van der Waals surface area contributed by atoms with Gasteiger partial charge in [-0.25, -0.2) is 4.79 Å². The predicted octanol–water partition coefficient (Wildman–Crippen LogP) is 3.13. The molecule has 1 aliphatic rings. The molecule has 1 aliphatic heterocycles. The summed E-state index contributed by atoms with van der Waals surface area (Å²) >= 11 is 0. The van der Waals surface area contributed by atoms with E-state index < -0.39 is 6.09 Å². The van der Waals surface area contributed by atoms with Gasteiger partial charge in [0, 0.05) is 25.7 Å². The van der Waals surface area contributed by atoms with Gasteiger partial charge in [-0.1, -0.05) is 18.2 Å². The van der Waals surface area contributed by atoms with Gasteiger partial charge in [0.2, 0.25) is 0 Å². The molecule has 0 bridgehead atoms. The maximum Gasteiger partial charge on any atom is 0.426 e. The number of aromatic hydroxyl groups is 2. The molecule has 1 amide bonds. The van der Waals surface area contributed by atoms with Crippen LogP contribution < -0.4 is 10.1 Å². The highest BCUT2D eigenvalue weighted by Crippen LogP contribution is 2.35. The summed E-state index contributed by atoms with van der Waals surface area (Å²) in [4.78, 5) is 17.3. The number of piperidine rings is 1. The predicted molar refractivity (Wildman–Crippen MR) is 99.6 cm³/mol. The van der Waals surface area contributed by atoms with Crippen LogP contribution in [-0.2, 0) is 11.4 Å². The minimum Gasteiger partial charge on any atom is -0.508 e. The lowest BCUT2D eigenvalue weighted by Gasteiger charge is -2.30. The zero-order valence-corrected chi connectivity index (χ0v) is 15.2. The van der Waals surface area contributed by atoms with Gasteiger partial charge in [0.1, 0.15) is 17.2 Å². The number of phenols is 2. The lowest BCUT2D eigenvalue weighted by molar-refractivity contribution is -0.113. The number of ether oxygens (including phenoxy) is 1. The van der Waals surface area contributed by atoms with Crippen LogP contribution in [0.2, 0.25) is 0 Å². The molecule has 1 heterocycles. The monoisotopic (exact) mass is 372 g/mol. The first-order valence-corrected chi connectivity index (χ1v) is 8.90. The van der Waals surface area contributed by atoms with E-state index in [1.54, 1.807) is 24.3 Å². The highest BCUT2D eigenvalue weighted by atomic mass is 16.7. The van der Waals surface area contributed by atoms with Crippen molar-refractivity contribution in [3.8, 4) is 17.2 Å². The highest BCUT2D eigenvalue weighted by molar-refractivity contribution is 5.66. The van der Waals surface area contributed by atoms with Crippen LogP contribution in [0, 0.1) is 0 Å². The van der Waals surface area contributed by atoms with E-state index >= 15 is 0 Å². The molecule has 0 saturated carbocycles. The summed E-state index contributed by atoms with van der Waals surface area (Å²) in [6.07, 6.45) is 1.02. The van der Waals surface area contributed by atoms with E-state index in [0.29, 0.717) is 19.6 Å². The van der Waals surface area contributed by atoms with Crippen molar-refractivity contribution in [1.29, 1.82) is 0 Å². The molecule has 1 saturated heterocycles. The van der Waals surface area contributed by atoms with Gasteiger partial charge in [-0.15, -0.1) is 5.06 Å². The first-order chi connectivity index (χ1) is 13.0. The van der Waals surface area contributed by atoms with E-state index in [-0.39, 0.29) is 17.4 Å². The Labute approximate surface area is 158 Å². The van der Waals surface area contributed by atoms with Gasteiger partial charge in [-0.3, -0.25) is 0 Å². The number of nitrogens with one attached hydrogen (secondary N) is 1. The number of hydroxylamine groups is 2. The first kappa shape index (κ1) is 18.8. The summed E-state index contributed by atoms with van der Waals surface area (Å²) < 4.78 is 5.10. The molecule has 144 valence electrons. The van der Waals surface area contributed by atoms with E-state index in [9.17, 15) is 15.0 Å². The minimum absolute atomic E-state index is 0.0468. The van der Waals surface area contributed by atoms with Crippen LogP contribution in [-0.4, -0.2) is 41.6 Å². The number of phenolic OH excluding ortho intramolecular Hbond substituents is 2. The van der Waals surface area contributed by atoms with Crippen LogP contribution >= 0.6 is 0 Å². The first-order valence-electron chi connectivity index (χ1n) is 8.90. The highest BCUT2D eigenvalue weighted by Gasteiger charge is 2.25. The van der Waals surface area contributed by atoms with Crippen molar-refractivity contribution in [2.75, 3.05) is 20.2 Å². The molecule has 27 heavy (non-hydrogen) atoms. The fourth-order valence-corrected chi connectivity index (χ4v) is 3.20. The third-order valence-electron chi connectivity index (χ3n) is 4.72. The Morgan fingerprint density at radius 1 is 1.15 bits per heavy atom. The van der Waals surface area contributed by atoms with E-state index in [1.807, 2.05) is 24.3 Å². The molecule has 1 fully saturated rings. The molecule has 0 spiro atoms. The van der Waals surface area contributed by atoms with Gasteiger partial charge < -0.3 is 25.1 Å². The largest absolute Gasteiger partial charge is 0.508 e. The normalized spacial score (nSPS) is 15.3. The smallest absolute Gasteiger partial charge is 0.426 e. The summed E-state index contributed by atoms with van der Waals surface area (Å²) in [5.41, 5.74) is 1.77. The maximum absolute atomic E-state index is 12.0. The number of nitrogens with zero attached hydrogens (tertiary/aromatic N) is 1. The summed E-state index contributed by atoms with van der Waals surface area (Å²) in [7, 11) is 1.61. The van der Waals surface area contributed by atoms with E-state index in [0.717, 1.165) is 29.7 Å².